The van der Waals surface area contributed by atoms with Crippen molar-refractivity contribution in [3.63, 3.8) is 0 Å². The summed E-state index contributed by atoms with van der Waals surface area (Å²) in [6.45, 7) is 5.47. The maximum absolute atomic E-state index is 13.9. The fraction of sp³-hybridized carbons (Fsp3) is 0.375. The van der Waals surface area contributed by atoms with Crippen molar-refractivity contribution in [1.29, 1.82) is 0 Å². The summed E-state index contributed by atoms with van der Waals surface area (Å²) >= 11 is 1.29. The van der Waals surface area contributed by atoms with Gasteiger partial charge in [-0.2, -0.15) is 0 Å². The van der Waals surface area contributed by atoms with Crippen LogP contribution in [0.25, 0.3) is 0 Å². The first-order valence-electron chi connectivity index (χ1n) is 7.66. The average Bonchev–Trinajstić information content (AvgIpc) is 2.98. The molecule has 6 nitrogen and oxygen atoms in total. The second-order valence-corrected chi connectivity index (χ2v) is 6.30. The summed E-state index contributed by atoms with van der Waals surface area (Å²) in [5.41, 5.74) is 0.185. The standard InChI is InChI=1S/C16H19FN4O2S/c1-4-10(5-2)15-20-21-16(24-15)19-14(23)12-8-11(18-9(3)22)6-7-13(12)17/h6-8,10H,4-5H2,1-3H3,(H,18,22)(H,19,21,23). The molecule has 0 bridgehead atoms. The zero-order chi connectivity index (χ0) is 17.7. The molecule has 0 aliphatic rings. The molecule has 2 aromatic rings. The van der Waals surface area contributed by atoms with Crippen molar-refractivity contribution < 1.29 is 14.0 Å². The van der Waals surface area contributed by atoms with Crippen LogP contribution in [-0.2, 0) is 4.79 Å². The van der Waals surface area contributed by atoms with Crippen molar-refractivity contribution in [2.45, 2.75) is 39.5 Å². The van der Waals surface area contributed by atoms with Gasteiger partial charge in [-0.1, -0.05) is 25.2 Å². The summed E-state index contributed by atoms with van der Waals surface area (Å²) in [6.07, 6.45) is 1.87. The minimum absolute atomic E-state index is 0.166. The van der Waals surface area contributed by atoms with Gasteiger partial charge in [-0.3, -0.25) is 14.9 Å². The van der Waals surface area contributed by atoms with Crippen LogP contribution in [-0.4, -0.2) is 22.0 Å². The van der Waals surface area contributed by atoms with Gasteiger partial charge in [-0.25, -0.2) is 4.39 Å². The van der Waals surface area contributed by atoms with Crippen molar-refractivity contribution in [1.82, 2.24) is 10.2 Å². The zero-order valence-corrected chi connectivity index (χ0v) is 14.5. The van der Waals surface area contributed by atoms with Crippen molar-refractivity contribution >= 4 is 34.0 Å². The van der Waals surface area contributed by atoms with Crippen LogP contribution < -0.4 is 10.6 Å². The molecule has 2 rings (SSSR count). The number of hydrogen-bond acceptors (Lipinski definition) is 5. The third-order valence-corrected chi connectivity index (χ3v) is 4.53. The lowest BCUT2D eigenvalue weighted by molar-refractivity contribution is -0.114. The SMILES string of the molecule is CCC(CC)c1nnc(NC(=O)c2cc(NC(C)=O)ccc2F)s1. The van der Waals surface area contributed by atoms with Crippen LogP contribution in [0, 0.1) is 5.82 Å². The van der Waals surface area contributed by atoms with Crippen LogP contribution in [0.1, 0.15) is 54.9 Å². The maximum Gasteiger partial charge on any atom is 0.260 e. The van der Waals surface area contributed by atoms with E-state index in [1.54, 1.807) is 0 Å². The Balaban J connectivity index is 2.16. The summed E-state index contributed by atoms with van der Waals surface area (Å²) in [5, 5.41) is 14.3. The lowest BCUT2D eigenvalue weighted by atomic mass is 10.1. The number of nitrogens with zero attached hydrogens (tertiary/aromatic N) is 2. The van der Waals surface area contributed by atoms with Crippen LogP contribution in [0.15, 0.2) is 18.2 Å². The fourth-order valence-electron chi connectivity index (χ4n) is 2.23. The number of anilines is 2. The third-order valence-electron chi connectivity index (χ3n) is 3.53. The van der Waals surface area contributed by atoms with Gasteiger partial charge in [0, 0.05) is 18.5 Å². The van der Waals surface area contributed by atoms with Crippen molar-refractivity contribution in [3.05, 3.63) is 34.6 Å². The van der Waals surface area contributed by atoms with Gasteiger partial charge in [0.05, 0.1) is 5.56 Å². The third kappa shape index (κ3) is 4.35. The van der Waals surface area contributed by atoms with Crippen LogP contribution >= 0.6 is 11.3 Å². The first kappa shape index (κ1) is 18.0. The van der Waals surface area contributed by atoms with E-state index in [9.17, 15) is 14.0 Å². The summed E-state index contributed by atoms with van der Waals surface area (Å²) in [5.74, 6) is -1.31. The predicted octanol–water partition coefficient (Wildman–Crippen LogP) is 3.79. The highest BCUT2D eigenvalue weighted by molar-refractivity contribution is 7.15. The molecule has 2 amide bonds. The summed E-state index contributed by atoms with van der Waals surface area (Å²) in [6, 6.07) is 3.81. The Morgan fingerprint density at radius 1 is 1.21 bits per heavy atom. The number of aromatic nitrogens is 2. The number of benzene rings is 1. The van der Waals surface area contributed by atoms with E-state index in [1.807, 2.05) is 0 Å². The van der Waals surface area contributed by atoms with Gasteiger partial charge < -0.3 is 5.32 Å². The van der Waals surface area contributed by atoms with Gasteiger partial charge in [-0.05, 0) is 31.0 Å². The Morgan fingerprint density at radius 3 is 2.54 bits per heavy atom. The smallest absolute Gasteiger partial charge is 0.260 e. The van der Waals surface area contributed by atoms with E-state index < -0.39 is 11.7 Å². The normalized spacial score (nSPS) is 10.7. The number of hydrogen-bond donors (Lipinski definition) is 2. The highest BCUT2D eigenvalue weighted by Crippen LogP contribution is 2.28. The van der Waals surface area contributed by atoms with Crippen LogP contribution in [0.3, 0.4) is 0 Å². The first-order valence-corrected chi connectivity index (χ1v) is 8.48. The molecule has 0 aliphatic carbocycles. The monoisotopic (exact) mass is 350 g/mol. The Kier molecular flexibility index (Phi) is 5.97. The molecule has 0 spiro atoms. The quantitative estimate of drug-likeness (QED) is 0.830. The molecule has 0 radical (unpaired) electrons. The zero-order valence-electron chi connectivity index (χ0n) is 13.7. The number of halogens is 1. The molecule has 0 atom stereocenters. The maximum atomic E-state index is 13.9. The number of carbonyl (C=O) groups excluding carboxylic acids is 2. The van der Waals surface area contributed by atoms with Crippen LogP contribution in [0.4, 0.5) is 15.2 Å². The molecule has 0 aliphatic heterocycles. The van der Waals surface area contributed by atoms with Gasteiger partial charge >= 0.3 is 0 Å². The van der Waals surface area contributed by atoms with Crippen molar-refractivity contribution in [2.75, 3.05) is 10.6 Å². The molecular weight excluding hydrogens is 331 g/mol. The first-order chi connectivity index (χ1) is 11.4. The molecule has 0 unspecified atom stereocenters. The average molecular weight is 350 g/mol. The molecule has 2 N–H and O–H groups in total. The molecule has 1 heterocycles. The topological polar surface area (TPSA) is 84.0 Å². The molecule has 0 saturated carbocycles. The van der Waals surface area contributed by atoms with E-state index >= 15 is 0 Å². The van der Waals surface area contributed by atoms with Gasteiger partial charge in [0.2, 0.25) is 11.0 Å². The molecular formula is C16H19FN4O2S. The van der Waals surface area contributed by atoms with E-state index in [2.05, 4.69) is 34.7 Å². The molecule has 1 aromatic heterocycles. The Hall–Kier alpha value is -2.35. The molecule has 0 fully saturated rings. The molecule has 128 valence electrons. The van der Waals surface area contributed by atoms with Gasteiger partial charge in [-0.15, -0.1) is 10.2 Å². The van der Waals surface area contributed by atoms with Crippen molar-refractivity contribution in [2.24, 2.45) is 0 Å². The van der Waals surface area contributed by atoms with E-state index in [1.165, 1.54) is 30.4 Å². The van der Waals surface area contributed by atoms with Crippen LogP contribution in [0.5, 0.6) is 0 Å². The summed E-state index contributed by atoms with van der Waals surface area (Å²) in [7, 11) is 0. The Labute approximate surface area is 143 Å². The van der Waals surface area contributed by atoms with E-state index in [-0.39, 0.29) is 11.5 Å². The second-order valence-electron chi connectivity index (χ2n) is 5.29. The summed E-state index contributed by atoms with van der Waals surface area (Å²) in [4.78, 5) is 23.3. The highest BCUT2D eigenvalue weighted by Gasteiger charge is 2.17. The predicted molar refractivity (Wildman–Crippen MR) is 91.9 cm³/mol. The van der Waals surface area contributed by atoms with E-state index in [0.29, 0.717) is 16.7 Å². The fourth-order valence-corrected chi connectivity index (χ4v) is 3.24. The van der Waals surface area contributed by atoms with Crippen LogP contribution in [0.2, 0.25) is 0 Å². The lowest BCUT2D eigenvalue weighted by Crippen LogP contribution is -2.15. The van der Waals surface area contributed by atoms with E-state index in [4.69, 9.17) is 0 Å². The van der Waals surface area contributed by atoms with Gasteiger partial charge in [0.25, 0.3) is 5.91 Å². The van der Waals surface area contributed by atoms with Crippen molar-refractivity contribution in [3.8, 4) is 0 Å². The van der Waals surface area contributed by atoms with Gasteiger partial charge in [0.1, 0.15) is 10.8 Å². The largest absolute Gasteiger partial charge is 0.326 e. The van der Waals surface area contributed by atoms with E-state index in [0.717, 1.165) is 23.9 Å². The molecule has 24 heavy (non-hydrogen) atoms. The highest BCUT2D eigenvalue weighted by atomic mass is 32.1. The molecule has 8 heteroatoms. The minimum atomic E-state index is -0.675. The number of carbonyl (C=O) groups is 2. The number of rotatable bonds is 6. The second kappa shape index (κ2) is 7.96. The molecule has 1 aromatic carbocycles. The Morgan fingerprint density at radius 2 is 1.92 bits per heavy atom. The number of nitrogens with one attached hydrogen (secondary N) is 2. The minimum Gasteiger partial charge on any atom is -0.326 e. The Bertz CT molecular complexity index is 743. The lowest BCUT2D eigenvalue weighted by Gasteiger charge is -2.07. The molecule has 0 saturated heterocycles. The van der Waals surface area contributed by atoms with Gasteiger partial charge in [0.15, 0.2) is 0 Å². The number of amides is 2. The summed E-state index contributed by atoms with van der Waals surface area (Å²) < 4.78 is 13.9.